The van der Waals surface area contributed by atoms with Crippen LogP contribution in [0, 0.1) is 18.3 Å². The normalized spacial score (nSPS) is 16.5. The summed E-state index contributed by atoms with van der Waals surface area (Å²) in [5, 5.41) is 1.76. The van der Waals surface area contributed by atoms with Gasteiger partial charge in [-0.1, -0.05) is 17.7 Å². The standard InChI is InChI=1S/C16H15ClN2/c1-2-12-8-10-19(11-9-12)16-7-6-13-14(17)4-3-5-15(13)18-16/h1,3-7,12H,8-11H2. The monoisotopic (exact) mass is 270 g/mol. The van der Waals surface area contributed by atoms with Crippen molar-refractivity contribution in [1.82, 2.24) is 4.98 Å². The molecule has 0 atom stereocenters. The number of rotatable bonds is 1. The van der Waals surface area contributed by atoms with Crippen LogP contribution in [0.3, 0.4) is 0 Å². The number of anilines is 1. The average Bonchev–Trinajstić information content (AvgIpc) is 2.47. The zero-order chi connectivity index (χ0) is 13.2. The molecule has 2 aromatic rings. The van der Waals surface area contributed by atoms with Gasteiger partial charge in [-0.3, -0.25) is 0 Å². The molecule has 0 N–H and O–H groups in total. The lowest BCUT2D eigenvalue weighted by Crippen LogP contribution is -2.33. The number of nitrogens with zero attached hydrogens (tertiary/aromatic N) is 2. The van der Waals surface area contributed by atoms with Crippen molar-refractivity contribution in [2.75, 3.05) is 18.0 Å². The smallest absolute Gasteiger partial charge is 0.129 e. The molecular formula is C16H15ClN2. The first-order valence-corrected chi connectivity index (χ1v) is 6.92. The lowest BCUT2D eigenvalue weighted by atomic mass is 9.98. The first kappa shape index (κ1) is 12.3. The van der Waals surface area contributed by atoms with Crippen molar-refractivity contribution in [2.24, 2.45) is 5.92 Å². The van der Waals surface area contributed by atoms with Crippen LogP contribution >= 0.6 is 11.6 Å². The molecule has 1 aliphatic heterocycles. The third kappa shape index (κ3) is 2.39. The fourth-order valence-corrected chi connectivity index (χ4v) is 2.79. The minimum atomic E-state index is 0.422. The third-order valence-electron chi connectivity index (χ3n) is 3.72. The highest BCUT2D eigenvalue weighted by Crippen LogP contribution is 2.26. The van der Waals surface area contributed by atoms with Crippen LogP contribution in [0.5, 0.6) is 0 Å². The summed E-state index contributed by atoms with van der Waals surface area (Å²) in [7, 11) is 0. The quantitative estimate of drug-likeness (QED) is 0.734. The summed E-state index contributed by atoms with van der Waals surface area (Å²) < 4.78 is 0. The van der Waals surface area contributed by atoms with Gasteiger partial charge in [-0.2, -0.15) is 0 Å². The second kappa shape index (κ2) is 5.11. The molecule has 0 unspecified atom stereocenters. The number of fused-ring (bicyclic) bond motifs is 1. The molecule has 96 valence electrons. The zero-order valence-electron chi connectivity index (χ0n) is 10.6. The summed E-state index contributed by atoms with van der Waals surface area (Å²) in [6.45, 7) is 1.96. The fraction of sp³-hybridized carbons (Fsp3) is 0.312. The number of benzene rings is 1. The van der Waals surface area contributed by atoms with Gasteiger partial charge in [0.05, 0.1) is 5.52 Å². The van der Waals surface area contributed by atoms with E-state index in [2.05, 4.69) is 10.8 Å². The Labute approximate surface area is 118 Å². The van der Waals surface area contributed by atoms with Gasteiger partial charge in [-0.05, 0) is 37.1 Å². The van der Waals surface area contributed by atoms with E-state index in [1.165, 1.54) is 0 Å². The van der Waals surface area contributed by atoms with Crippen molar-refractivity contribution in [3.8, 4) is 12.3 Å². The van der Waals surface area contributed by atoms with E-state index < -0.39 is 0 Å². The molecule has 1 aromatic heterocycles. The largest absolute Gasteiger partial charge is 0.357 e. The van der Waals surface area contributed by atoms with Crippen molar-refractivity contribution in [3.05, 3.63) is 35.4 Å². The molecule has 2 nitrogen and oxygen atoms in total. The van der Waals surface area contributed by atoms with Crippen LogP contribution in [-0.4, -0.2) is 18.1 Å². The molecule has 0 saturated carbocycles. The number of terminal acetylenes is 1. The van der Waals surface area contributed by atoms with Crippen LogP contribution < -0.4 is 4.90 Å². The van der Waals surface area contributed by atoms with Crippen LogP contribution in [0.15, 0.2) is 30.3 Å². The van der Waals surface area contributed by atoms with Gasteiger partial charge in [-0.15, -0.1) is 12.3 Å². The van der Waals surface area contributed by atoms with Crippen molar-refractivity contribution in [1.29, 1.82) is 0 Å². The van der Waals surface area contributed by atoms with E-state index in [4.69, 9.17) is 23.0 Å². The number of aromatic nitrogens is 1. The Kier molecular flexibility index (Phi) is 3.31. The Morgan fingerprint density at radius 3 is 2.74 bits per heavy atom. The van der Waals surface area contributed by atoms with Gasteiger partial charge in [0.1, 0.15) is 5.82 Å². The second-order valence-electron chi connectivity index (χ2n) is 4.90. The van der Waals surface area contributed by atoms with E-state index in [1.54, 1.807) is 0 Å². The molecular weight excluding hydrogens is 256 g/mol. The first-order chi connectivity index (χ1) is 9.28. The Morgan fingerprint density at radius 1 is 1.21 bits per heavy atom. The van der Waals surface area contributed by atoms with Crippen LogP contribution in [0.2, 0.25) is 5.02 Å². The van der Waals surface area contributed by atoms with Crippen LogP contribution in [0.25, 0.3) is 10.9 Å². The highest BCUT2D eigenvalue weighted by molar-refractivity contribution is 6.35. The second-order valence-corrected chi connectivity index (χ2v) is 5.31. The predicted molar refractivity (Wildman–Crippen MR) is 80.5 cm³/mol. The van der Waals surface area contributed by atoms with E-state index >= 15 is 0 Å². The lowest BCUT2D eigenvalue weighted by molar-refractivity contribution is 0.490. The van der Waals surface area contributed by atoms with Crippen LogP contribution in [0.1, 0.15) is 12.8 Å². The van der Waals surface area contributed by atoms with Gasteiger partial charge in [0.25, 0.3) is 0 Å². The summed E-state index contributed by atoms with van der Waals surface area (Å²) in [5.41, 5.74) is 0.948. The molecule has 1 aliphatic rings. The van der Waals surface area contributed by atoms with Crippen molar-refractivity contribution < 1.29 is 0 Å². The Balaban J connectivity index is 1.88. The molecule has 1 saturated heterocycles. The summed E-state index contributed by atoms with van der Waals surface area (Å²) in [6, 6.07) is 9.92. The minimum absolute atomic E-state index is 0.422. The van der Waals surface area contributed by atoms with E-state index in [0.29, 0.717) is 5.92 Å². The number of piperidine rings is 1. The van der Waals surface area contributed by atoms with E-state index in [0.717, 1.165) is 47.7 Å². The average molecular weight is 271 g/mol. The predicted octanol–water partition coefficient (Wildman–Crippen LogP) is 3.74. The molecule has 0 aliphatic carbocycles. The number of hydrogen-bond acceptors (Lipinski definition) is 2. The van der Waals surface area contributed by atoms with Gasteiger partial charge < -0.3 is 4.90 Å². The molecule has 0 radical (unpaired) electrons. The van der Waals surface area contributed by atoms with Crippen molar-refractivity contribution in [3.63, 3.8) is 0 Å². The summed E-state index contributed by atoms with van der Waals surface area (Å²) in [6.07, 6.45) is 7.57. The molecule has 1 fully saturated rings. The van der Waals surface area contributed by atoms with Gasteiger partial charge >= 0.3 is 0 Å². The molecule has 3 heteroatoms. The zero-order valence-corrected chi connectivity index (χ0v) is 11.4. The lowest BCUT2D eigenvalue weighted by Gasteiger charge is -2.30. The maximum absolute atomic E-state index is 6.16. The number of halogens is 1. The van der Waals surface area contributed by atoms with Gasteiger partial charge in [0.15, 0.2) is 0 Å². The maximum atomic E-state index is 6.16. The number of pyridine rings is 1. The topological polar surface area (TPSA) is 16.1 Å². The van der Waals surface area contributed by atoms with E-state index in [-0.39, 0.29) is 0 Å². The van der Waals surface area contributed by atoms with Crippen LogP contribution in [0.4, 0.5) is 5.82 Å². The maximum Gasteiger partial charge on any atom is 0.129 e. The van der Waals surface area contributed by atoms with Gasteiger partial charge in [0, 0.05) is 29.4 Å². The third-order valence-corrected chi connectivity index (χ3v) is 4.05. The molecule has 19 heavy (non-hydrogen) atoms. The molecule has 1 aromatic carbocycles. The molecule has 0 amide bonds. The van der Waals surface area contributed by atoms with E-state index in [1.807, 2.05) is 30.3 Å². The fourth-order valence-electron chi connectivity index (χ4n) is 2.56. The van der Waals surface area contributed by atoms with Gasteiger partial charge in [-0.25, -0.2) is 4.98 Å². The highest BCUT2D eigenvalue weighted by Gasteiger charge is 2.18. The Hall–Kier alpha value is -1.72. The Morgan fingerprint density at radius 2 is 2.00 bits per heavy atom. The van der Waals surface area contributed by atoms with Crippen molar-refractivity contribution in [2.45, 2.75) is 12.8 Å². The van der Waals surface area contributed by atoms with Crippen LogP contribution in [-0.2, 0) is 0 Å². The molecule has 0 bridgehead atoms. The summed E-state index contributed by atoms with van der Waals surface area (Å²) in [4.78, 5) is 7.00. The molecule has 0 spiro atoms. The minimum Gasteiger partial charge on any atom is -0.357 e. The van der Waals surface area contributed by atoms with Crippen molar-refractivity contribution >= 4 is 28.3 Å². The SMILES string of the molecule is C#CC1CCN(c2ccc3c(Cl)cccc3n2)CC1. The summed E-state index contributed by atoms with van der Waals surface area (Å²) >= 11 is 6.16. The number of hydrogen-bond donors (Lipinski definition) is 0. The molecule has 3 rings (SSSR count). The summed E-state index contributed by atoms with van der Waals surface area (Å²) in [5.74, 6) is 4.29. The Bertz CT molecular complexity index is 637. The van der Waals surface area contributed by atoms with E-state index in [9.17, 15) is 0 Å². The highest BCUT2D eigenvalue weighted by atomic mass is 35.5. The first-order valence-electron chi connectivity index (χ1n) is 6.54. The van der Waals surface area contributed by atoms with Gasteiger partial charge in [0.2, 0.25) is 0 Å². The molecule has 2 heterocycles.